The Morgan fingerprint density at radius 1 is 1.53 bits per heavy atom. The maximum Gasteiger partial charge on any atom is 0.170 e. The Morgan fingerprint density at radius 3 is 2.73 bits per heavy atom. The highest BCUT2D eigenvalue weighted by Crippen LogP contribution is 2.21. The number of pyridine rings is 1. The summed E-state index contributed by atoms with van der Waals surface area (Å²) in [6, 6.07) is 1.97. The smallest absolute Gasteiger partial charge is 0.170 e. The fourth-order valence-electron chi connectivity index (χ4n) is 1.35. The summed E-state index contributed by atoms with van der Waals surface area (Å²) in [5, 5.41) is 6.61. The van der Waals surface area contributed by atoms with E-state index in [4.69, 9.17) is 18.0 Å². The van der Waals surface area contributed by atoms with Crippen molar-refractivity contribution in [2.45, 2.75) is 20.8 Å². The zero-order valence-corrected chi connectivity index (χ0v) is 10.0. The van der Waals surface area contributed by atoms with Crippen LogP contribution in [0.25, 0.3) is 0 Å². The Hall–Kier alpha value is -1.36. The van der Waals surface area contributed by atoms with Gasteiger partial charge < -0.3 is 16.4 Å². The predicted octanol–water partition coefficient (Wildman–Crippen LogP) is 1.59. The van der Waals surface area contributed by atoms with E-state index in [1.807, 2.05) is 26.8 Å². The van der Waals surface area contributed by atoms with E-state index < -0.39 is 0 Å². The lowest BCUT2D eigenvalue weighted by Gasteiger charge is -2.13. The summed E-state index contributed by atoms with van der Waals surface area (Å²) < 4.78 is 0. The van der Waals surface area contributed by atoms with Gasteiger partial charge in [0.1, 0.15) is 5.82 Å². The molecule has 0 saturated carbocycles. The van der Waals surface area contributed by atoms with Crippen molar-refractivity contribution in [1.29, 1.82) is 0 Å². The van der Waals surface area contributed by atoms with Gasteiger partial charge in [0.15, 0.2) is 5.11 Å². The molecule has 82 valence electrons. The van der Waals surface area contributed by atoms with Crippen molar-refractivity contribution in [3.8, 4) is 0 Å². The van der Waals surface area contributed by atoms with Gasteiger partial charge in [0.2, 0.25) is 0 Å². The summed E-state index contributed by atoms with van der Waals surface area (Å²) in [5.41, 5.74) is 8.54. The Bertz CT molecular complexity index is 353. The minimum absolute atomic E-state index is 0.479. The Balaban J connectivity index is 2.90. The van der Waals surface area contributed by atoms with Crippen LogP contribution in [0, 0.1) is 13.8 Å². The standard InChI is InChI=1S/C10H16N4S/c1-4-12-10(15)14-8-6(2)5-7(3)13-9(8)11/h5H,4H2,1-3H3,(H2,11,13)(H2,12,14,15). The van der Waals surface area contributed by atoms with Crippen molar-refractivity contribution in [2.75, 3.05) is 17.6 Å². The Labute approximate surface area is 95.3 Å². The first-order chi connectivity index (χ1) is 7.04. The van der Waals surface area contributed by atoms with Gasteiger partial charge in [-0.05, 0) is 44.6 Å². The van der Waals surface area contributed by atoms with Crippen molar-refractivity contribution in [2.24, 2.45) is 0 Å². The van der Waals surface area contributed by atoms with Crippen LogP contribution in [-0.2, 0) is 0 Å². The Morgan fingerprint density at radius 2 is 2.20 bits per heavy atom. The molecule has 0 aliphatic rings. The van der Waals surface area contributed by atoms with E-state index in [1.54, 1.807) is 0 Å². The van der Waals surface area contributed by atoms with Crippen LogP contribution in [0.5, 0.6) is 0 Å². The lowest BCUT2D eigenvalue weighted by Crippen LogP contribution is -2.28. The molecule has 0 bridgehead atoms. The average molecular weight is 224 g/mol. The van der Waals surface area contributed by atoms with Gasteiger partial charge in [-0.2, -0.15) is 0 Å². The van der Waals surface area contributed by atoms with Crippen LogP contribution in [0.1, 0.15) is 18.2 Å². The predicted molar refractivity (Wildman–Crippen MR) is 68.0 cm³/mol. The third-order valence-electron chi connectivity index (χ3n) is 1.95. The molecule has 0 unspecified atom stereocenters. The molecule has 0 fully saturated rings. The molecular formula is C10H16N4S. The Kier molecular flexibility index (Phi) is 3.85. The first kappa shape index (κ1) is 11.7. The molecule has 1 heterocycles. The highest BCUT2D eigenvalue weighted by Gasteiger charge is 2.06. The minimum atomic E-state index is 0.479. The molecule has 1 aromatic rings. The quantitative estimate of drug-likeness (QED) is 0.666. The molecule has 0 aliphatic carbocycles. The van der Waals surface area contributed by atoms with Crippen molar-refractivity contribution in [3.63, 3.8) is 0 Å². The SMILES string of the molecule is CCNC(=S)Nc1c(C)cc(C)nc1N. The molecular weight excluding hydrogens is 208 g/mol. The molecule has 0 radical (unpaired) electrons. The number of aromatic nitrogens is 1. The molecule has 1 aromatic heterocycles. The van der Waals surface area contributed by atoms with E-state index in [1.165, 1.54) is 0 Å². The molecule has 1 rings (SSSR count). The molecule has 5 heteroatoms. The lowest BCUT2D eigenvalue weighted by molar-refractivity contribution is 0.979. The number of thiocarbonyl (C=S) groups is 1. The van der Waals surface area contributed by atoms with Crippen molar-refractivity contribution < 1.29 is 0 Å². The van der Waals surface area contributed by atoms with Crippen molar-refractivity contribution in [3.05, 3.63) is 17.3 Å². The van der Waals surface area contributed by atoms with E-state index in [0.717, 1.165) is 23.5 Å². The summed E-state index contributed by atoms with van der Waals surface area (Å²) in [6.07, 6.45) is 0. The van der Waals surface area contributed by atoms with E-state index in [9.17, 15) is 0 Å². The molecule has 15 heavy (non-hydrogen) atoms. The highest BCUT2D eigenvalue weighted by atomic mass is 32.1. The van der Waals surface area contributed by atoms with Gasteiger partial charge in [0.05, 0.1) is 5.69 Å². The van der Waals surface area contributed by atoms with Gasteiger partial charge in [-0.15, -0.1) is 0 Å². The van der Waals surface area contributed by atoms with Gasteiger partial charge in [-0.25, -0.2) is 4.98 Å². The number of nitrogen functional groups attached to an aromatic ring is 1. The minimum Gasteiger partial charge on any atom is -0.382 e. The molecule has 4 N–H and O–H groups in total. The van der Waals surface area contributed by atoms with Gasteiger partial charge >= 0.3 is 0 Å². The van der Waals surface area contributed by atoms with E-state index in [2.05, 4.69) is 15.6 Å². The molecule has 0 amide bonds. The first-order valence-electron chi connectivity index (χ1n) is 4.83. The average Bonchev–Trinajstić information content (AvgIpc) is 2.11. The lowest BCUT2D eigenvalue weighted by atomic mass is 10.2. The third kappa shape index (κ3) is 3.06. The highest BCUT2D eigenvalue weighted by molar-refractivity contribution is 7.80. The summed E-state index contributed by atoms with van der Waals surface area (Å²) in [5.74, 6) is 0.479. The summed E-state index contributed by atoms with van der Waals surface area (Å²) in [4.78, 5) is 4.18. The van der Waals surface area contributed by atoms with Crippen LogP contribution in [0.15, 0.2) is 6.07 Å². The van der Waals surface area contributed by atoms with Crippen LogP contribution >= 0.6 is 12.2 Å². The van der Waals surface area contributed by atoms with E-state index in [0.29, 0.717) is 10.9 Å². The van der Waals surface area contributed by atoms with Crippen LogP contribution in [0.4, 0.5) is 11.5 Å². The zero-order valence-electron chi connectivity index (χ0n) is 9.22. The number of anilines is 2. The molecule has 4 nitrogen and oxygen atoms in total. The number of aryl methyl sites for hydroxylation is 2. The largest absolute Gasteiger partial charge is 0.382 e. The number of hydrogen-bond acceptors (Lipinski definition) is 3. The fourth-order valence-corrected chi connectivity index (χ4v) is 1.59. The maximum atomic E-state index is 5.81. The molecule has 0 saturated heterocycles. The van der Waals surface area contributed by atoms with Gasteiger partial charge in [0, 0.05) is 12.2 Å². The van der Waals surface area contributed by atoms with Gasteiger partial charge in [0.25, 0.3) is 0 Å². The molecule has 0 spiro atoms. The van der Waals surface area contributed by atoms with Crippen molar-refractivity contribution >= 4 is 28.8 Å². The van der Waals surface area contributed by atoms with Crippen LogP contribution < -0.4 is 16.4 Å². The van der Waals surface area contributed by atoms with E-state index in [-0.39, 0.29) is 0 Å². The van der Waals surface area contributed by atoms with Crippen LogP contribution in [0.3, 0.4) is 0 Å². The molecule has 0 aromatic carbocycles. The van der Waals surface area contributed by atoms with Crippen LogP contribution in [0.2, 0.25) is 0 Å². The number of nitrogens with one attached hydrogen (secondary N) is 2. The number of hydrogen-bond donors (Lipinski definition) is 3. The van der Waals surface area contributed by atoms with Crippen LogP contribution in [-0.4, -0.2) is 16.6 Å². The summed E-state index contributed by atoms with van der Waals surface area (Å²) >= 11 is 5.08. The maximum absolute atomic E-state index is 5.81. The monoisotopic (exact) mass is 224 g/mol. The van der Waals surface area contributed by atoms with Gasteiger partial charge in [-0.1, -0.05) is 0 Å². The summed E-state index contributed by atoms with van der Waals surface area (Å²) in [6.45, 7) is 6.65. The topological polar surface area (TPSA) is 63.0 Å². The normalized spacial score (nSPS) is 9.80. The fraction of sp³-hybridized carbons (Fsp3) is 0.400. The number of rotatable bonds is 2. The molecule has 0 aliphatic heterocycles. The van der Waals surface area contributed by atoms with Crippen molar-refractivity contribution in [1.82, 2.24) is 10.3 Å². The first-order valence-corrected chi connectivity index (χ1v) is 5.24. The second-order valence-electron chi connectivity index (χ2n) is 3.33. The zero-order chi connectivity index (χ0) is 11.4. The number of nitrogens with zero attached hydrogens (tertiary/aromatic N) is 1. The third-order valence-corrected chi connectivity index (χ3v) is 2.19. The summed E-state index contributed by atoms with van der Waals surface area (Å²) in [7, 11) is 0. The molecule has 0 atom stereocenters. The number of nitrogens with two attached hydrogens (primary N) is 1. The van der Waals surface area contributed by atoms with Gasteiger partial charge in [-0.3, -0.25) is 0 Å². The second-order valence-corrected chi connectivity index (χ2v) is 3.73. The second kappa shape index (κ2) is 4.93. The van der Waals surface area contributed by atoms with E-state index >= 15 is 0 Å².